The summed E-state index contributed by atoms with van der Waals surface area (Å²) < 4.78 is 48.7. The molecule has 17 heavy (non-hydrogen) atoms. The fraction of sp³-hybridized carbons (Fsp3) is 0.375. The van der Waals surface area contributed by atoms with Crippen LogP contribution in [0.2, 0.25) is 0 Å². The third-order valence-electron chi connectivity index (χ3n) is 1.73. The number of hydrogen-bond donors (Lipinski definition) is 2. The van der Waals surface area contributed by atoms with E-state index in [0.717, 1.165) is 12.4 Å². The average molecular weight is 268 g/mol. The van der Waals surface area contributed by atoms with Crippen molar-refractivity contribution in [2.24, 2.45) is 5.73 Å². The topological polar surface area (TPSA) is 63.8 Å². The van der Waals surface area contributed by atoms with Gasteiger partial charge in [0.1, 0.15) is 16.5 Å². The Kier molecular flexibility index (Phi) is 4.16. The molecule has 0 bridgehead atoms. The van der Waals surface area contributed by atoms with E-state index in [1.807, 2.05) is 5.32 Å². The van der Waals surface area contributed by atoms with Crippen molar-refractivity contribution in [3.05, 3.63) is 18.1 Å². The summed E-state index contributed by atoms with van der Waals surface area (Å²) in [5.41, 5.74) is 5.45. The fourth-order valence-corrected chi connectivity index (χ4v) is 0.938. The van der Waals surface area contributed by atoms with Crippen molar-refractivity contribution in [3.63, 3.8) is 0 Å². The van der Waals surface area contributed by atoms with Gasteiger partial charge in [-0.25, -0.2) is 18.7 Å². The van der Waals surface area contributed by atoms with Crippen LogP contribution in [-0.2, 0) is 0 Å². The first-order valence-corrected chi connectivity index (χ1v) is 4.75. The van der Waals surface area contributed by atoms with Gasteiger partial charge in [-0.2, -0.15) is 8.78 Å². The van der Waals surface area contributed by atoms with Gasteiger partial charge in [-0.3, -0.25) is 0 Å². The van der Waals surface area contributed by atoms with E-state index in [1.54, 1.807) is 0 Å². The van der Waals surface area contributed by atoms with Gasteiger partial charge in [0.05, 0.1) is 18.9 Å². The summed E-state index contributed by atoms with van der Waals surface area (Å²) in [6.45, 7) is -1.23. The predicted molar refractivity (Wildman–Crippen MR) is 57.4 cm³/mol. The predicted octanol–water partition coefficient (Wildman–Crippen LogP) is 1.42. The zero-order chi connectivity index (χ0) is 13.1. The van der Waals surface area contributed by atoms with Crippen molar-refractivity contribution in [3.8, 4) is 0 Å². The first kappa shape index (κ1) is 13.6. The van der Waals surface area contributed by atoms with Gasteiger partial charge in [0.2, 0.25) is 0 Å². The first-order chi connectivity index (χ1) is 7.83. The maximum atomic E-state index is 12.5. The summed E-state index contributed by atoms with van der Waals surface area (Å²) in [5.74, 6) is -4.19. The molecular formula is C8H8F4N4S. The summed E-state index contributed by atoms with van der Waals surface area (Å²) in [6, 6.07) is 0. The van der Waals surface area contributed by atoms with E-state index in [-0.39, 0.29) is 16.5 Å². The molecule has 4 nitrogen and oxygen atoms in total. The van der Waals surface area contributed by atoms with Crippen LogP contribution in [0.3, 0.4) is 0 Å². The Bertz CT molecular complexity index is 395. The van der Waals surface area contributed by atoms with E-state index in [2.05, 4.69) is 22.2 Å². The number of aromatic nitrogens is 2. The van der Waals surface area contributed by atoms with Crippen LogP contribution in [-0.4, -0.2) is 33.8 Å². The summed E-state index contributed by atoms with van der Waals surface area (Å²) >= 11 is 4.60. The van der Waals surface area contributed by atoms with Crippen LogP contribution in [0, 0.1) is 0 Å². The van der Waals surface area contributed by atoms with Crippen LogP contribution in [0.25, 0.3) is 0 Å². The first-order valence-electron chi connectivity index (χ1n) is 4.34. The van der Waals surface area contributed by atoms with Gasteiger partial charge in [-0.05, 0) is 0 Å². The minimum atomic E-state index is -4.12. The molecule has 0 saturated heterocycles. The van der Waals surface area contributed by atoms with Gasteiger partial charge in [-0.1, -0.05) is 12.2 Å². The van der Waals surface area contributed by atoms with Crippen LogP contribution in [0.15, 0.2) is 12.4 Å². The Morgan fingerprint density at radius 2 is 2.06 bits per heavy atom. The number of anilines is 1. The Morgan fingerprint density at radius 1 is 1.41 bits per heavy atom. The number of thiocarbonyl (C=S) groups is 1. The molecule has 3 N–H and O–H groups in total. The highest BCUT2D eigenvalue weighted by Crippen LogP contribution is 2.22. The molecule has 1 aromatic heterocycles. The number of hydrogen-bond acceptors (Lipinski definition) is 4. The summed E-state index contributed by atoms with van der Waals surface area (Å²) in [6.07, 6.45) is -1.50. The maximum Gasteiger partial charge on any atom is 0.324 e. The molecule has 0 aromatic carbocycles. The smallest absolute Gasteiger partial charge is 0.324 e. The fourth-order valence-electron chi connectivity index (χ4n) is 0.832. The van der Waals surface area contributed by atoms with Crippen molar-refractivity contribution < 1.29 is 17.6 Å². The van der Waals surface area contributed by atoms with Crippen molar-refractivity contribution in [1.29, 1.82) is 0 Å². The molecule has 0 radical (unpaired) electrons. The number of nitrogens with two attached hydrogens (primary N) is 1. The van der Waals surface area contributed by atoms with E-state index in [4.69, 9.17) is 5.73 Å². The molecule has 1 rings (SSSR count). The molecule has 1 aromatic rings. The molecule has 0 unspecified atom stereocenters. The molecule has 1 heterocycles. The molecule has 0 spiro atoms. The van der Waals surface area contributed by atoms with Crippen molar-refractivity contribution in [2.75, 3.05) is 11.9 Å². The van der Waals surface area contributed by atoms with Gasteiger partial charge in [-0.15, -0.1) is 0 Å². The summed E-state index contributed by atoms with van der Waals surface area (Å²) in [4.78, 5) is 7.34. The Hall–Kier alpha value is -1.51. The maximum absolute atomic E-state index is 12.5. The Morgan fingerprint density at radius 3 is 2.47 bits per heavy atom. The second kappa shape index (κ2) is 5.21. The molecular weight excluding hydrogens is 260 g/mol. The lowest BCUT2D eigenvalue weighted by Crippen LogP contribution is -2.35. The highest BCUT2D eigenvalue weighted by Gasteiger charge is 2.40. The van der Waals surface area contributed by atoms with E-state index in [9.17, 15) is 17.6 Å². The average Bonchev–Trinajstić information content (AvgIpc) is 2.27. The van der Waals surface area contributed by atoms with E-state index < -0.39 is 18.9 Å². The lowest BCUT2D eigenvalue weighted by atomic mass is 10.3. The third kappa shape index (κ3) is 3.77. The minimum absolute atomic E-state index is 0.00182. The Labute approximate surface area is 99.2 Å². The normalized spacial score (nSPS) is 11.6. The standard InChI is InChI=1S/C8H8F4N4S/c9-7(10)8(11,12)3-16-5-2-14-4(1-15-5)6(13)17/h1-2,7H,3H2,(H2,13,17)(H,15,16). The minimum Gasteiger partial charge on any atom is -0.388 e. The van der Waals surface area contributed by atoms with Gasteiger partial charge >= 0.3 is 12.3 Å². The molecule has 0 aliphatic carbocycles. The molecule has 0 atom stereocenters. The van der Waals surface area contributed by atoms with Gasteiger partial charge in [0, 0.05) is 0 Å². The largest absolute Gasteiger partial charge is 0.388 e. The van der Waals surface area contributed by atoms with Crippen molar-refractivity contribution >= 4 is 23.0 Å². The molecule has 0 fully saturated rings. The number of halogens is 4. The summed E-state index contributed by atoms with van der Waals surface area (Å²) in [5, 5.41) is 2.04. The molecule has 0 saturated carbocycles. The van der Waals surface area contributed by atoms with E-state index in [1.165, 1.54) is 0 Å². The molecule has 0 aliphatic rings. The van der Waals surface area contributed by atoms with E-state index in [0.29, 0.717) is 0 Å². The van der Waals surface area contributed by atoms with Crippen LogP contribution in [0.4, 0.5) is 23.4 Å². The third-order valence-corrected chi connectivity index (χ3v) is 1.94. The van der Waals surface area contributed by atoms with Crippen LogP contribution in [0.1, 0.15) is 5.69 Å². The van der Waals surface area contributed by atoms with E-state index >= 15 is 0 Å². The quantitative estimate of drug-likeness (QED) is 0.624. The molecule has 94 valence electrons. The van der Waals surface area contributed by atoms with Crippen molar-refractivity contribution in [1.82, 2.24) is 9.97 Å². The van der Waals surface area contributed by atoms with Crippen LogP contribution < -0.4 is 11.1 Å². The van der Waals surface area contributed by atoms with Gasteiger partial charge in [0.25, 0.3) is 0 Å². The number of nitrogens with one attached hydrogen (secondary N) is 1. The zero-order valence-corrected chi connectivity index (χ0v) is 9.15. The highest BCUT2D eigenvalue weighted by molar-refractivity contribution is 7.80. The molecule has 9 heteroatoms. The van der Waals surface area contributed by atoms with Crippen molar-refractivity contribution in [2.45, 2.75) is 12.3 Å². The SMILES string of the molecule is NC(=S)c1cnc(NCC(F)(F)C(F)F)cn1. The second-order valence-electron chi connectivity index (χ2n) is 3.07. The highest BCUT2D eigenvalue weighted by atomic mass is 32.1. The summed E-state index contributed by atoms with van der Waals surface area (Å²) in [7, 11) is 0. The lowest BCUT2D eigenvalue weighted by Gasteiger charge is -2.15. The second-order valence-corrected chi connectivity index (χ2v) is 3.51. The molecule has 0 aliphatic heterocycles. The zero-order valence-electron chi connectivity index (χ0n) is 8.33. The van der Waals surface area contributed by atoms with Gasteiger partial charge < -0.3 is 11.1 Å². The molecule has 0 amide bonds. The number of nitrogens with zero attached hydrogens (tertiary/aromatic N) is 2. The monoisotopic (exact) mass is 268 g/mol. The van der Waals surface area contributed by atoms with Crippen LogP contribution in [0.5, 0.6) is 0 Å². The lowest BCUT2D eigenvalue weighted by molar-refractivity contribution is -0.117. The number of alkyl halides is 4. The van der Waals surface area contributed by atoms with Crippen LogP contribution >= 0.6 is 12.2 Å². The number of rotatable bonds is 5. The Balaban J connectivity index is 2.62. The van der Waals surface area contributed by atoms with Gasteiger partial charge in [0.15, 0.2) is 0 Å².